The SMILES string of the molecule is c1ccc(P(c2ccc3ccccc3c2)c2ccc3c(c2)c2ccccc2n2c4ccccc4nc32)cc1. The van der Waals surface area contributed by atoms with E-state index in [9.17, 15) is 0 Å². The Morgan fingerprint density at radius 1 is 0.447 bits per heavy atom. The summed E-state index contributed by atoms with van der Waals surface area (Å²) in [7, 11) is -0.738. The molecule has 2 heterocycles. The van der Waals surface area contributed by atoms with Gasteiger partial charge in [-0.05, 0) is 76.4 Å². The van der Waals surface area contributed by atoms with Crippen LogP contribution in [0.4, 0.5) is 0 Å². The molecule has 0 spiro atoms. The highest BCUT2D eigenvalue weighted by atomic mass is 31.1. The van der Waals surface area contributed by atoms with Crippen LogP contribution >= 0.6 is 7.92 Å². The Bertz CT molecular complexity index is 2140. The van der Waals surface area contributed by atoms with Crippen LogP contribution < -0.4 is 15.9 Å². The summed E-state index contributed by atoms with van der Waals surface area (Å²) in [6.45, 7) is 0. The van der Waals surface area contributed by atoms with Gasteiger partial charge in [-0.1, -0.05) is 103 Å². The van der Waals surface area contributed by atoms with Crippen LogP contribution in [0.1, 0.15) is 0 Å². The minimum atomic E-state index is -0.738. The molecule has 2 aromatic heterocycles. The summed E-state index contributed by atoms with van der Waals surface area (Å²) in [5, 5.41) is 10.3. The molecule has 0 fully saturated rings. The quantitative estimate of drug-likeness (QED) is 0.179. The average molecular weight is 503 g/mol. The van der Waals surface area contributed by atoms with Crippen LogP contribution in [0, 0.1) is 0 Å². The molecule has 0 amide bonds. The molecule has 0 aliphatic rings. The lowest BCUT2D eigenvalue weighted by Crippen LogP contribution is -2.20. The van der Waals surface area contributed by atoms with E-state index in [-0.39, 0.29) is 0 Å². The highest BCUT2D eigenvalue weighted by Gasteiger charge is 2.20. The van der Waals surface area contributed by atoms with Crippen molar-refractivity contribution in [2.45, 2.75) is 0 Å². The molecule has 3 heteroatoms. The summed E-state index contributed by atoms with van der Waals surface area (Å²) < 4.78 is 2.32. The van der Waals surface area contributed by atoms with Crippen LogP contribution in [0.25, 0.3) is 49.1 Å². The molecule has 0 saturated carbocycles. The third-order valence-corrected chi connectivity index (χ3v) is 9.91. The van der Waals surface area contributed by atoms with Crippen molar-refractivity contribution in [1.29, 1.82) is 0 Å². The van der Waals surface area contributed by atoms with E-state index in [1.54, 1.807) is 0 Å². The van der Waals surface area contributed by atoms with Crippen molar-refractivity contribution in [3.8, 4) is 0 Å². The van der Waals surface area contributed by atoms with Gasteiger partial charge in [-0.3, -0.25) is 4.40 Å². The van der Waals surface area contributed by atoms with Crippen LogP contribution in [0.15, 0.2) is 140 Å². The van der Waals surface area contributed by atoms with Crippen LogP contribution in [0.5, 0.6) is 0 Å². The number of benzene rings is 6. The molecule has 8 aromatic rings. The number of hydrogen-bond donors (Lipinski definition) is 0. The van der Waals surface area contributed by atoms with E-state index in [2.05, 4.69) is 144 Å². The van der Waals surface area contributed by atoms with Crippen molar-refractivity contribution in [3.63, 3.8) is 0 Å². The predicted molar refractivity (Wildman–Crippen MR) is 164 cm³/mol. The van der Waals surface area contributed by atoms with Gasteiger partial charge >= 0.3 is 0 Å². The van der Waals surface area contributed by atoms with Gasteiger partial charge in [-0.2, -0.15) is 0 Å². The maximum atomic E-state index is 5.09. The normalized spacial score (nSPS) is 12.6. The number of para-hydroxylation sites is 3. The molecule has 0 aliphatic carbocycles. The van der Waals surface area contributed by atoms with Gasteiger partial charge in [-0.15, -0.1) is 0 Å². The molecular weight excluding hydrogens is 479 g/mol. The maximum Gasteiger partial charge on any atom is 0.146 e. The molecule has 0 radical (unpaired) electrons. The third kappa shape index (κ3) is 3.28. The summed E-state index contributed by atoms with van der Waals surface area (Å²) in [4.78, 5) is 5.09. The Hall–Kier alpha value is -4.52. The summed E-state index contributed by atoms with van der Waals surface area (Å²) in [6, 6.07) is 50.7. The molecular formula is C35H23N2P. The first kappa shape index (κ1) is 21.6. The van der Waals surface area contributed by atoms with Crippen LogP contribution in [-0.2, 0) is 0 Å². The van der Waals surface area contributed by atoms with Crippen LogP contribution in [0.2, 0.25) is 0 Å². The highest BCUT2D eigenvalue weighted by molar-refractivity contribution is 7.79. The zero-order chi connectivity index (χ0) is 25.1. The fourth-order valence-corrected chi connectivity index (χ4v) is 8.11. The lowest BCUT2D eigenvalue weighted by molar-refractivity contribution is 1.32. The second-order valence-corrected chi connectivity index (χ2v) is 11.9. The fraction of sp³-hybridized carbons (Fsp3) is 0. The van der Waals surface area contributed by atoms with Crippen molar-refractivity contribution >= 4 is 73.0 Å². The first-order chi connectivity index (χ1) is 18.8. The van der Waals surface area contributed by atoms with Gasteiger partial charge in [0.1, 0.15) is 5.65 Å². The first-order valence-corrected chi connectivity index (χ1v) is 14.2. The molecule has 6 aromatic carbocycles. The molecule has 0 saturated heterocycles. The number of rotatable bonds is 3. The standard InChI is InChI=1S/C35H23N2P/c1-2-12-26(13-3-1)38(27-19-18-24-10-4-5-11-25(24)22-27)28-20-21-30-31(23-28)29-14-6-8-16-33(29)37-34-17-9-7-15-32(34)36-35(30)37/h1-23H. The predicted octanol–water partition coefficient (Wildman–Crippen LogP) is 7.71. The van der Waals surface area contributed by atoms with Gasteiger partial charge in [0, 0.05) is 10.8 Å². The van der Waals surface area contributed by atoms with E-state index in [0.29, 0.717) is 0 Å². The number of aromatic nitrogens is 2. The largest absolute Gasteiger partial charge is 0.292 e. The van der Waals surface area contributed by atoms with E-state index < -0.39 is 7.92 Å². The van der Waals surface area contributed by atoms with E-state index >= 15 is 0 Å². The van der Waals surface area contributed by atoms with Gasteiger partial charge in [0.15, 0.2) is 0 Å². The van der Waals surface area contributed by atoms with E-state index in [0.717, 1.165) is 16.7 Å². The summed E-state index contributed by atoms with van der Waals surface area (Å²) >= 11 is 0. The third-order valence-electron chi connectivity index (χ3n) is 7.50. The Kier molecular flexibility index (Phi) is 4.83. The monoisotopic (exact) mass is 502 g/mol. The number of hydrogen-bond acceptors (Lipinski definition) is 1. The topological polar surface area (TPSA) is 17.3 Å². The Labute approximate surface area is 221 Å². The summed E-state index contributed by atoms with van der Waals surface area (Å²) in [5.74, 6) is 0. The smallest absolute Gasteiger partial charge is 0.146 e. The molecule has 1 unspecified atom stereocenters. The molecule has 1 atom stereocenters. The second kappa shape index (κ2) is 8.52. The molecule has 8 rings (SSSR count). The number of fused-ring (bicyclic) bond motifs is 9. The second-order valence-electron chi connectivity index (χ2n) is 9.71. The Morgan fingerprint density at radius 3 is 2.03 bits per heavy atom. The lowest BCUT2D eigenvalue weighted by Gasteiger charge is -2.21. The molecule has 38 heavy (non-hydrogen) atoms. The van der Waals surface area contributed by atoms with Crippen molar-refractivity contribution in [1.82, 2.24) is 9.38 Å². The molecule has 0 N–H and O–H groups in total. The zero-order valence-electron chi connectivity index (χ0n) is 20.6. The van der Waals surface area contributed by atoms with Gasteiger partial charge in [0.2, 0.25) is 0 Å². The van der Waals surface area contributed by atoms with E-state index in [1.165, 1.54) is 48.4 Å². The van der Waals surface area contributed by atoms with Crippen molar-refractivity contribution in [2.24, 2.45) is 0 Å². The molecule has 2 nitrogen and oxygen atoms in total. The van der Waals surface area contributed by atoms with Crippen LogP contribution in [-0.4, -0.2) is 9.38 Å². The maximum absolute atomic E-state index is 5.09. The Morgan fingerprint density at radius 2 is 1.13 bits per heavy atom. The van der Waals surface area contributed by atoms with Crippen molar-refractivity contribution in [3.05, 3.63) is 140 Å². The minimum absolute atomic E-state index is 0.738. The van der Waals surface area contributed by atoms with Gasteiger partial charge in [-0.25, -0.2) is 4.98 Å². The average Bonchev–Trinajstić information content (AvgIpc) is 3.38. The van der Waals surface area contributed by atoms with Crippen molar-refractivity contribution in [2.75, 3.05) is 0 Å². The molecule has 0 aliphatic heterocycles. The number of imidazole rings is 1. The highest BCUT2D eigenvalue weighted by Crippen LogP contribution is 2.37. The summed E-state index contributed by atoms with van der Waals surface area (Å²) in [5.41, 5.74) is 4.38. The number of pyridine rings is 1. The van der Waals surface area contributed by atoms with E-state index in [4.69, 9.17) is 4.98 Å². The molecule has 0 bridgehead atoms. The number of nitrogens with zero attached hydrogens (tertiary/aromatic N) is 2. The zero-order valence-corrected chi connectivity index (χ0v) is 21.5. The van der Waals surface area contributed by atoms with E-state index in [1.807, 2.05) is 0 Å². The van der Waals surface area contributed by atoms with Crippen LogP contribution in [0.3, 0.4) is 0 Å². The lowest BCUT2D eigenvalue weighted by atomic mass is 10.1. The fourth-order valence-electron chi connectivity index (χ4n) is 5.78. The van der Waals surface area contributed by atoms with Crippen molar-refractivity contribution < 1.29 is 0 Å². The van der Waals surface area contributed by atoms with Gasteiger partial charge < -0.3 is 0 Å². The summed E-state index contributed by atoms with van der Waals surface area (Å²) in [6.07, 6.45) is 0. The Balaban J connectivity index is 1.44. The molecule has 178 valence electrons. The van der Waals surface area contributed by atoms with Gasteiger partial charge in [0.05, 0.1) is 16.6 Å². The van der Waals surface area contributed by atoms with Gasteiger partial charge in [0.25, 0.3) is 0 Å². The minimum Gasteiger partial charge on any atom is -0.292 e. The first-order valence-electron chi connectivity index (χ1n) is 12.9.